The summed E-state index contributed by atoms with van der Waals surface area (Å²) in [6, 6.07) is 5.72. The van der Waals surface area contributed by atoms with Gasteiger partial charge in [-0.05, 0) is 43.8 Å². The summed E-state index contributed by atoms with van der Waals surface area (Å²) in [6.07, 6.45) is 9.85. The van der Waals surface area contributed by atoms with Crippen LogP contribution < -0.4 is 5.32 Å². The van der Waals surface area contributed by atoms with Crippen molar-refractivity contribution in [2.75, 3.05) is 13.1 Å². The molecule has 0 aromatic carbocycles. The first-order valence-electron chi connectivity index (χ1n) is 9.01. The van der Waals surface area contributed by atoms with Gasteiger partial charge in [0.2, 0.25) is 0 Å². The number of aromatic nitrogens is 4. The van der Waals surface area contributed by atoms with Crippen LogP contribution in [-0.4, -0.2) is 32.8 Å². The largest absolute Gasteiger partial charge is 0.317 e. The van der Waals surface area contributed by atoms with Gasteiger partial charge in [0.15, 0.2) is 11.6 Å². The van der Waals surface area contributed by atoms with Crippen LogP contribution in [0.15, 0.2) is 54.5 Å². The molecule has 0 spiro atoms. The van der Waals surface area contributed by atoms with E-state index in [-0.39, 0.29) is 11.7 Å². The van der Waals surface area contributed by atoms with Crippen molar-refractivity contribution in [2.45, 2.75) is 32.6 Å². The molecule has 0 saturated carbocycles. The Morgan fingerprint density at radius 2 is 2.19 bits per heavy atom. The molecule has 0 amide bonds. The zero-order valence-corrected chi connectivity index (χ0v) is 15.2. The van der Waals surface area contributed by atoms with Crippen molar-refractivity contribution in [1.82, 2.24) is 25.1 Å². The van der Waals surface area contributed by atoms with Crippen LogP contribution in [0.1, 0.15) is 44.3 Å². The quantitative estimate of drug-likeness (QED) is 0.766. The zero-order chi connectivity index (χ0) is 18.4. The second-order valence-corrected chi connectivity index (χ2v) is 6.28. The lowest BCUT2D eigenvalue weighted by Gasteiger charge is -2.12. The van der Waals surface area contributed by atoms with E-state index in [0.717, 1.165) is 36.7 Å². The van der Waals surface area contributed by atoms with Gasteiger partial charge in [0.05, 0.1) is 0 Å². The van der Waals surface area contributed by atoms with Gasteiger partial charge in [0.1, 0.15) is 11.7 Å². The second-order valence-electron chi connectivity index (χ2n) is 6.28. The van der Waals surface area contributed by atoms with Crippen LogP contribution in [0.2, 0.25) is 0 Å². The van der Waals surface area contributed by atoms with Gasteiger partial charge in [-0.1, -0.05) is 32.1 Å². The molecule has 0 aliphatic heterocycles. The highest BCUT2D eigenvalue weighted by atomic mass is 19.1. The average Bonchev–Trinajstić information content (AvgIpc) is 2.99. The van der Waals surface area contributed by atoms with E-state index in [1.54, 1.807) is 23.0 Å². The first kappa shape index (κ1) is 18.2. The molecule has 2 heterocycles. The fourth-order valence-electron chi connectivity index (χ4n) is 2.79. The molecule has 2 aromatic heterocycles. The SMILES string of the molecule is CCNCCC(C)c1nc(C2=CC=C(F)CC=C2)nn1-c1ccccn1. The molecule has 0 bridgehead atoms. The molecule has 5 nitrogen and oxygen atoms in total. The number of hydrogen-bond donors (Lipinski definition) is 1. The summed E-state index contributed by atoms with van der Waals surface area (Å²) >= 11 is 0. The van der Waals surface area contributed by atoms with Gasteiger partial charge in [-0.2, -0.15) is 4.68 Å². The predicted molar refractivity (Wildman–Crippen MR) is 102 cm³/mol. The molecular formula is C20H24FN5. The van der Waals surface area contributed by atoms with Crippen molar-refractivity contribution in [3.63, 3.8) is 0 Å². The highest BCUT2D eigenvalue weighted by Gasteiger charge is 2.19. The minimum absolute atomic E-state index is 0.167. The lowest BCUT2D eigenvalue weighted by Crippen LogP contribution is -2.17. The Labute approximate surface area is 153 Å². The number of hydrogen-bond acceptors (Lipinski definition) is 4. The van der Waals surface area contributed by atoms with Crippen molar-refractivity contribution in [1.29, 1.82) is 0 Å². The van der Waals surface area contributed by atoms with Crippen LogP contribution in [0.25, 0.3) is 11.4 Å². The second kappa shape index (κ2) is 8.67. The third-order valence-electron chi connectivity index (χ3n) is 4.26. The standard InChI is InChI=1S/C20H24FN5/c1-3-22-14-12-15(2)20-24-19(16-7-6-8-17(21)11-10-16)25-26(20)18-9-4-5-13-23-18/h4-7,9-11,13,15,22H,3,8,12,14H2,1-2H3. The van der Waals surface area contributed by atoms with E-state index < -0.39 is 0 Å². The molecule has 26 heavy (non-hydrogen) atoms. The van der Waals surface area contributed by atoms with Crippen molar-refractivity contribution < 1.29 is 4.39 Å². The molecule has 1 unspecified atom stereocenters. The van der Waals surface area contributed by atoms with E-state index in [1.165, 1.54) is 6.08 Å². The third-order valence-corrected chi connectivity index (χ3v) is 4.26. The minimum Gasteiger partial charge on any atom is -0.317 e. The maximum atomic E-state index is 13.5. The first-order valence-corrected chi connectivity index (χ1v) is 9.01. The van der Waals surface area contributed by atoms with Crippen LogP contribution in [0.3, 0.4) is 0 Å². The predicted octanol–water partition coefficient (Wildman–Crippen LogP) is 3.96. The lowest BCUT2D eigenvalue weighted by molar-refractivity contribution is 0.571. The molecule has 0 saturated heterocycles. The van der Waals surface area contributed by atoms with E-state index in [9.17, 15) is 4.39 Å². The van der Waals surface area contributed by atoms with Gasteiger partial charge < -0.3 is 5.32 Å². The summed E-state index contributed by atoms with van der Waals surface area (Å²) in [5.74, 6) is 2.22. The summed E-state index contributed by atoms with van der Waals surface area (Å²) in [5, 5.41) is 8.02. The minimum atomic E-state index is -0.167. The van der Waals surface area contributed by atoms with Gasteiger partial charge in [0.25, 0.3) is 0 Å². The van der Waals surface area contributed by atoms with E-state index in [0.29, 0.717) is 12.2 Å². The summed E-state index contributed by atoms with van der Waals surface area (Å²) in [7, 11) is 0. The fourth-order valence-corrected chi connectivity index (χ4v) is 2.79. The lowest BCUT2D eigenvalue weighted by atomic mass is 10.1. The Bertz CT molecular complexity index is 820. The van der Waals surface area contributed by atoms with Gasteiger partial charge in [0, 0.05) is 24.1 Å². The Morgan fingerprint density at radius 1 is 1.31 bits per heavy atom. The number of nitrogens with one attached hydrogen (secondary N) is 1. The smallest absolute Gasteiger partial charge is 0.181 e. The topological polar surface area (TPSA) is 55.6 Å². The normalized spacial score (nSPS) is 15.3. The summed E-state index contributed by atoms with van der Waals surface area (Å²) in [5.41, 5.74) is 0.799. The molecule has 6 heteroatoms. The molecule has 0 fully saturated rings. The molecule has 1 aliphatic rings. The highest BCUT2D eigenvalue weighted by Crippen LogP contribution is 2.24. The van der Waals surface area contributed by atoms with Crippen molar-refractivity contribution >= 4 is 5.57 Å². The van der Waals surface area contributed by atoms with Crippen LogP contribution >= 0.6 is 0 Å². The molecule has 3 rings (SSSR count). The molecule has 2 aromatic rings. The molecule has 136 valence electrons. The van der Waals surface area contributed by atoms with Crippen LogP contribution in [0, 0.1) is 0 Å². The van der Waals surface area contributed by atoms with E-state index in [1.807, 2.05) is 24.3 Å². The van der Waals surface area contributed by atoms with Crippen LogP contribution in [0.4, 0.5) is 4.39 Å². The average molecular weight is 353 g/mol. The maximum absolute atomic E-state index is 13.5. The monoisotopic (exact) mass is 353 g/mol. The Kier molecular flexibility index (Phi) is 6.07. The highest BCUT2D eigenvalue weighted by molar-refractivity contribution is 5.71. The van der Waals surface area contributed by atoms with Gasteiger partial charge in [-0.3, -0.25) is 0 Å². The van der Waals surface area contributed by atoms with Gasteiger partial charge in [-0.15, -0.1) is 5.10 Å². The van der Waals surface area contributed by atoms with Crippen LogP contribution in [0.5, 0.6) is 0 Å². The number of pyridine rings is 1. The number of halogens is 1. The molecule has 1 atom stereocenters. The zero-order valence-electron chi connectivity index (χ0n) is 15.2. The van der Waals surface area contributed by atoms with Crippen molar-refractivity contribution in [3.8, 4) is 5.82 Å². The van der Waals surface area contributed by atoms with E-state index in [4.69, 9.17) is 4.98 Å². The van der Waals surface area contributed by atoms with E-state index in [2.05, 4.69) is 29.2 Å². The Balaban J connectivity index is 1.98. The third kappa shape index (κ3) is 4.32. The van der Waals surface area contributed by atoms with Gasteiger partial charge in [-0.25, -0.2) is 14.4 Å². The Morgan fingerprint density at radius 3 is 2.96 bits per heavy atom. The fraction of sp³-hybridized carbons (Fsp3) is 0.350. The molecule has 1 N–H and O–H groups in total. The Hall–Kier alpha value is -2.60. The molecule has 1 aliphatic carbocycles. The number of allylic oxidation sites excluding steroid dienone is 6. The van der Waals surface area contributed by atoms with Gasteiger partial charge >= 0.3 is 0 Å². The summed E-state index contributed by atoms with van der Waals surface area (Å²) in [6.45, 7) is 6.09. The maximum Gasteiger partial charge on any atom is 0.181 e. The van der Waals surface area contributed by atoms with Crippen LogP contribution in [-0.2, 0) is 0 Å². The first-order chi connectivity index (χ1) is 12.7. The molecule has 0 radical (unpaired) electrons. The van der Waals surface area contributed by atoms with Crippen molar-refractivity contribution in [2.24, 2.45) is 0 Å². The summed E-state index contributed by atoms with van der Waals surface area (Å²) in [4.78, 5) is 9.18. The van der Waals surface area contributed by atoms with Crippen molar-refractivity contribution in [3.05, 3.63) is 66.2 Å². The van der Waals surface area contributed by atoms with E-state index >= 15 is 0 Å². The molecular weight excluding hydrogens is 329 g/mol. The summed E-state index contributed by atoms with van der Waals surface area (Å²) < 4.78 is 15.3. The number of nitrogens with zero attached hydrogens (tertiary/aromatic N) is 4. The number of rotatable bonds is 7.